The zero-order chi connectivity index (χ0) is 14.7. The predicted octanol–water partition coefficient (Wildman–Crippen LogP) is 1.20. The van der Waals surface area contributed by atoms with Crippen LogP contribution < -0.4 is 10.6 Å². The van der Waals surface area contributed by atoms with Crippen LogP contribution in [0.15, 0.2) is 4.99 Å². The van der Waals surface area contributed by atoms with Gasteiger partial charge in [-0.1, -0.05) is 0 Å². The van der Waals surface area contributed by atoms with Crippen LogP contribution in [0, 0.1) is 5.92 Å². The summed E-state index contributed by atoms with van der Waals surface area (Å²) in [6.45, 7) is 7.49. The maximum Gasteiger partial charge on any atom is 0.191 e. The highest BCUT2D eigenvalue weighted by Gasteiger charge is 2.34. The lowest BCUT2D eigenvalue weighted by Gasteiger charge is -2.25. The fourth-order valence-corrected chi connectivity index (χ4v) is 3.51. The van der Waals surface area contributed by atoms with E-state index < -0.39 is 0 Å². The molecule has 5 nitrogen and oxygen atoms in total. The lowest BCUT2D eigenvalue weighted by Crippen LogP contribution is -2.46. The second-order valence-corrected chi connectivity index (χ2v) is 7.09. The second kappa shape index (κ2) is 6.53. The van der Waals surface area contributed by atoms with E-state index in [1.165, 1.54) is 38.8 Å². The van der Waals surface area contributed by atoms with Crippen LogP contribution in [0.25, 0.3) is 0 Å². The van der Waals surface area contributed by atoms with Crippen LogP contribution in [0.2, 0.25) is 0 Å². The zero-order valence-electron chi connectivity index (χ0n) is 13.5. The Kier molecular flexibility index (Phi) is 4.69. The van der Waals surface area contributed by atoms with Gasteiger partial charge < -0.3 is 20.3 Å². The van der Waals surface area contributed by atoms with E-state index in [9.17, 15) is 0 Å². The van der Waals surface area contributed by atoms with Crippen molar-refractivity contribution in [3.8, 4) is 0 Å². The first-order chi connectivity index (χ1) is 10.2. The number of nitrogens with one attached hydrogen (secondary N) is 2. The highest BCUT2D eigenvalue weighted by atomic mass is 16.5. The Hall–Kier alpha value is -0.810. The van der Waals surface area contributed by atoms with Gasteiger partial charge in [0.15, 0.2) is 5.96 Å². The summed E-state index contributed by atoms with van der Waals surface area (Å²) < 4.78 is 5.81. The van der Waals surface area contributed by atoms with Gasteiger partial charge in [0.2, 0.25) is 0 Å². The van der Waals surface area contributed by atoms with Crippen molar-refractivity contribution in [2.24, 2.45) is 10.9 Å². The molecule has 2 N–H and O–H groups in total. The minimum Gasteiger partial charge on any atom is -0.373 e. The largest absolute Gasteiger partial charge is 0.373 e. The summed E-state index contributed by atoms with van der Waals surface area (Å²) in [6, 6.07) is 0.909. The first-order valence-corrected chi connectivity index (χ1v) is 8.51. The molecule has 0 bridgehead atoms. The molecule has 0 spiro atoms. The van der Waals surface area contributed by atoms with Gasteiger partial charge in [0.05, 0.1) is 5.60 Å². The van der Waals surface area contributed by atoms with Gasteiger partial charge in [-0.2, -0.15) is 0 Å². The van der Waals surface area contributed by atoms with Crippen LogP contribution in [0.3, 0.4) is 0 Å². The van der Waals surface area contributed by atoms with E-state index >= 15 is 0 Å². The fraction of sp³-hybridized carbons (Fsp3) is 0.938. The van der Waals surface area contributed by atoms with Crippen LogP contribution in [0.5, 0.6) is 0 Å². The summed E-state index contributed by atoms with van der Waals surface area (Å²) in [5, 5.41) is 6.91. The number of likely N-dealkylation sites (tertiary alicyclic amines) is 1. The number of hydrogen-bond donors (Lipinski definition) is 2. The molecule has 0 aromatic rings. The maximum absolute atomic E-state index is 5.81. The third-order valence-electron chi connectivity index (χ3n) is 5.09. The third kappa shape index (κ3) is 4.10. The molecule has 2 saturated heterocycles. The Balaban J connectivity index is 1.36. The van der Waals surface area contributed by atoms with E-state index in [2.05, 4.69) is 27.4 Å². The van der Waals surface area contributed by atoms with Gasteiger partial charge in [-0.3, -0.25) is 4.99 Å². The first kappa shape index (κ1) is 15.1. The summed E-state index contributed by atoms with van der Waals surface area (Å²) in [7, 11) is 1.85. The quantitative estimate of drug-likeness (QED) is 0.591. The van der Waals surface area contributed by atoms with Crippen molar-refractivity contribution in [1.29, 1.82) is 0 Å². The van der Waals surface area contributed by atoms with E-state index in [1.54, 1.807) is 0 Å². The molecule has 0 aromatic carbocycles. The van der Waals surface area contributed by atoms with Crippen LogP contribution >= 0.6 is 0 Å². The maximum atomic E-state index is 5.81. The normalized spacial score (nSPS) is 34.4. The smallest absolute Gasteiger partial charge is 0.191 e. The molecule has 120 valence electrons. The Morgan fingerprint density at radius 1 is 1.33 bits per heavy atom. The average Bonchev–Trinajstić information content (AvgIpc) is 3.07. The van der Waals surface area contributed by atoms with Crippen LogP contribution in [-0.4, -0.2) is 62.3 Å². The van der Waals surface area contributed by atoms with Gasteiger partial charge >= 0.3 is 0 Å². The van der Waals surface area contributed by atoms with Gasteiger partial charge in [0.1, 0.15) is 0 Å². The monoisotopic (exact) mass is 294 g/mol. The molecule has 0 amide bonds. The van der Waals surface area contributed by atoms with Crippen molar-refractivity contribution in [3.05, 3.63) is 0 Å². The molecular formula is C16H30N4O. The van der Waals surface area contributed by atoms with Gasteiger partial charge in [0.25, 0.3) is 0 Å². The summed E-state index contributed by atoms with van der Waals surface area (Å²) in [5.41, 5.74) is -0.0201. The number of nitrogens with zero attached hydrogens (tertiary/aromatic N) is 2. The lowest BCUT2D eigenvalue weighted by atomic mass is 10.0. The number of guanidine groups is 1. The summed E-state index contributed by atoms with van der Waals surface area (Å²) in [6.07, 6.45) is 6.46. The number of rotatable bonds is 5. The standard InChI is InChI=1S/C16H30N4O/c1-16(7-3-9-21-16)12-19-15(17-2)18-10-13-6-8-20(11-13)14-4-5-14/h13-14H,3-12H2,1-2H3,(H2,17,18,19). The summed E-state index contributed by atoms with van der Waals surface area (Å²) in [4.78, 5) is 7.00. The van der Waals surface area contributed by atoms with Crippen molar-refractivity contribution in [3.63, 3.8) is 0 Å². The third-order valence-corrected chi connectivity index (χ3v) is 5.09. The summed E-state index contributed by atoms with van der Waals surface area (Å²) in [5.74, 6) is 1.68. The highest BCUT2D eigenvalue weighted by molar-refractivity contribution is 5.79. The van der Waals surface area contributed by atoms with Crippen molar-refractivity contribution >= 4 is 5.96 Å². The Labute approximate surface area is 128 Å². The average molecular weight is 294 g/mol. The molecular weight excluding hydrogens is 264 g/mol. The number of ether oxygens (including phenoxy) is 1. The van der Waals surface area contributed by atoms with E-state index in [0.717, 1.165) is 44.0 Å². The lowest BCUT2D eigenvalue weighted by molar-refractivity contribution is 0.0242. The number of aliphatic imine (C=N–C) groups is 1. The molecule has 0 radical (unpaired) electrons. The number of hydrogen-bond acceptors (Lipinski definition) is 3. The molecule has 2 unspecified atom stereocenters. The molecule has 5 heteroatoms. The molecule has 3 fully saturated rings. The second-order valence-electron chi connectivity index (χ2n) is 7.09. The molecule has 3 rings (SSSR count). The molecule has 1 aliphatic carbocycles. The molecule has 1 saturated carbocycles. The van der Waals surface area contributed by atoms with Gasteiger partial charge in [-0.05, 0) is 51.5 Å². The van der Waals surface area contributed by atoms with E-state index in [1.807, 2.05) is 7.05 Å². The van der Waals surface area contributed by atoms with Crippen LogP contribution in [0.4, 0.5) is 0 Å². The molecule has 2 heterocycles. The van der Waals surface area contributed by atoms with Gasteiger partial charge in [-0.15, -0.1) is 0 Å². The Morgan fingerprint density at radius 3 is 2.86 bits per heavy atom. The van der Waals surface area contributed by atoms with Crippen molar-refractivity contribution in [2.45, 2.75) is 50.7 Å². The first-order valence-electron chi connectivity index (χ1n) is 8.51. The van der Waals surface area contributed by atoms with Crippen molar-refractivity contribution in [1.82, 2.24) is 15.5 Å². The van der Waals surface area contributed by atoms with E-state index in [-0.39, 0.29) is 5.60 Å². The van der Waals surface area contributed by atoms with Crippen LogP contribution in [-0.2, 0) is 4.74 Å². The van der Waals surface area contributed by atoms with Crippen molar-refractivity contribution in [2.75, 3.05) is 39.8 Å². The Morgan fingerprint density at radius 2 is 2.19 bits per heavy atom. The van der Waals surface area contributed by atoms with E-state index in [0.29, 0.717) is 0 Å². The van der Waals surface area contributed by atoms with Gasteiger partial charge in [-0.25, -0.2) is 0 Å². The minimum absolute atomic E-state index is 0.0201. The molecule has 0 aromatic heterocycles. The Bertz CT molecular complexity index is 374. The van der Waals surface area contributed by atoms with Gasteiger partial charge in [0, 0.05) is 39.3 Å². The molecule has 2 aliphatic heterocycles. The van der Waals surface area contributed by atoms with E-state index in [4.69, 9.17) is 4.74 Å². The minimum atomic E-state index is -0.0201. The van der Waals surface area contributed by atoms with Crippen LogP contribution in [0.1, 0.15) is 39.0 Å². The molecule has 21 heavy (non-hydrogen) atoms. The predicted molar refractivity (Wildman–Crippen MR) is 85.7 cm³/mol. The fourth-order valence-electron chi connectivity index (χ4n) is 3.51. The molecule has 3 aliphatic rings. The topological polar surface area (TPSA) is 48.9 Å². The van der Waals surface area contributed by atoms with Crippen molar-refractivity contribution < 1.29 is 4.74 Å². The SMILES string of the molecule is CN=C(NCC1CCN(C2CC2)C1)NCC1(C)CCCO1. The zero-order valence-corrected chi connectivity index (χ0v) is 13.5. The molecule has 2 atom stereocenters. The summed E-state index contributed by atoms with van der Waals surface area (Å²) >= 11 is 0. The highest BCUT2D eigenvalue weighted by Crippen LogP contribution is 2.31.